The van der Waals surface area contributed by atoms with Crippen LogP contribution in [0.5, 0.6) is 11.5 Å². The molecule has 176 valence electrons. The van der Waals surface area contributed by atoms with Gasteiger partial charge in [0.05, 0.1) is 13.2 Å². The van der Waals surface area contributed by atoms with E-state index in [1.165, 1.54) is 9.13 Å². The van der Waals surface area contributed by atoms with E-state index in [4.69, 9.17) is 14.5 Å². The van der Waals surface area contributed by atoms with Gasteiger partial charge in [0, 0.05) is 32.9 Å². The minimum atomic E-state index is -0.396. The first-order chi connectivity index (χ1) is 16.5. The largest absolute Gasteiger partial charge is 0.457 e. The molecule has 0 radical (unpaired) electrons. The first kappa shape index (κ1) is 22.0. The number of aryl methyl sites for hydroxylation is 1. The Bertz CT molecular complexity index is 1440. The van der Waals surface area contributed by atoms with E-state index < -0.39 is 5.69 Å². The third-order valence-electron chi connectivity index (χ3n) is 6.09. The van der Waals surface area contributed by atoms with Gasteiger partial charge in [0.15, 0.2) is 11.2 Å². The van der Waals surface area contributed by atoms with Gasteiger partial charge in [-0.1, -0.05) is 25.1 Å². The fourth-order valence-corrected chi connectivity index (χ4v) is 4.42. The van der Waals surface area contributed by atoms with Gasteiger partial charge in [-0.2, -0.15) is 4.98 Å². The Kier molecular flexibility index (Phi) is 5.70. The van der Waals surface area contributed by atoms with Crippen molar-refractivity contribution >= 4 is 22.8 Å². The smallest absolute Gasteiger partial charge is 0.332 e. The lowest BCUT2D eigenvalue weighted by Gasteiger charge is -2.33. The van der Waals surface area contributed by atoms with E-state index in [1.54, 1.807) is 14.2 Å². The van der Waals surface area contributed by atoms with Gasteiger partial charge in [0.2, 0.25) is 5.95 Å². The Morgan fingerprint density at radius 2 is 1.71 bits per heavy atom. The monoisotopic (exact) mass is 461 g/mol. The van der Waals surface area contributed by atoms with Crippen LogP contribution in [0.2, 0.25) is 0 Å². The van der Waals surface area contributed by atoms with Gasteiger partial charge in [0.25, 0.3) is 5.56 Å². The first-order valence-corrected chi connectivity index (χ1v) is 11.3. The Labute approximate surface area is 196 Å². The number of benzene rings is 2. The van der Waals surface area contributed by atoms with E-state index in [9.17, 15) is 9.59 Å². The number of nitrogens with zero attached hydrogens (tertiary/aromatic N) is 5. The van der Waals surface area contributed by atoms with Gasteiger partial charge in [-0.25, -0.2) is 4.79 Å². The molecule has 0 saturated heterocycles. The van der Waals surface area contributed by atoms with Gasteiger partial charge in [-0.15, -0.1) is 0 Å². The number of hydrogen-bond donors (Lipinski definition) is 0. The van der Waals surface area contributed by atoms with Crippen molar-refractivity contribution in [2.24, 2.45) is 13.0 Å². The summed E-state index contributed by atoms with van der Waals surface area (Å²) in [6.45, 7) is 4.01. The summed E-state index contributed by atoms with van der Waals surface area (Å²) in [6, 6.07) is 17.4. The molecule has 1 atom stereocenters. The summed E-state index contributed by atoms with van der Waals surface area (Å²) in [5, 5.41) is 0. The van der Waals surface area contributed by atoms with E-state index >= 15 is 0 Å². The number of aromatic nitrogens is 4. The number of fused-ring (bicyclic) bond motifs is 3. The fourth-order valence-electron chi connectivity index (χ4n) is 4.42. The van der Waals surface area contributed by atoms with Crippen molar-refractivity contribution in [2.45, 2.75) is 20.0 Å². The van der Waals surface area contributed by atoms with Crippen molar-refractivity contribution in [1.82, 2.24) is 18.7 Å². The summed E-state index contributed by atoms with van der Waals surface area (Å²) in [7, 11) is 3.19. The molecule has 5 rings (SSSR count). The average Bonchev–Trinajstić information content (AvgIpc) is 3.23. The summed E-state index contributed by atoms with van der Waals surface area (Å²) in [5.74, 6) is 2.43. The normalized spacial score (nSPS) is 15.5. The third kappa shape index (κ3) is 3.77. The lowest BCUT2D eigenvalue weighted by atomic mass is 10.1. The molecule has 0 unspecified atom stereocenters. The number of ether oxygens (including phenoxy) is 2. The summed E-state index contributed by atoms with van der Waals surface area (Å²) in [6.07, 6.45) is 0. The Morgan fingerprint density at radius 3 is 2.41 bits per heavy atom. The van der Waals surface area contributed by atoms with Crippen molar-refractivity contribution in [3.63, 3.8) is 0 Å². The minimum absolute atomic E-state index is 0.195. The average molecular weight is 462 g/mol. The van der Waals surface area contributed by atoms with Crippen molar-refractivity contribution in [3.8, 4) is 11.5 Å². The molecule has 4 aromatic rings. The van der Waals surface area contributed by atoms with Crippen molar-refractivity contribution in [1.29, 1.82) is 0 Å². The molecule has 0 fully saturated rings. The Morgan fingerprint density at radius 1 is 1.00 bits per heavy atom. The number of imidazole rings is 1. The molecule has 9 nitrogen and oxygen atoms in total. The molecule has 0 spiro atoms. The van der Waals surface area contributed by atoms with Crippen LogP contribution < -0.4 is 20.9 Å². The van der Waals surface area contributed by atoms with Crippen LogP contribution in [-0.2, 0) is 24.9 Å². The highest BCUT2D eigenvalue weighted by molar-refractivity contribution is 5.77. The summed E-state index contributed by atoms with van der Waals surface area (Å²) < 4.78 is 15.6. The zero-order chi connectivity index (χ0) is 23.8. The van der Waals surface area contributed by atoms with Crippen molar-refractivity contribution in [3.05, 3.63) is 75.4 Å². The van der Waals surface area contributed by atoms with Crippen LogP contribution in [0.25, 0.3) is 11.2 Å². The highest BCUT2D eigenvalue weighted by Crippen LogP contribution is 2.34. The molecular formula is C25H27N5O4. The predicted octanol–water partition coefficient (Wildman–Crippen LogP) is 3.12. The van der Waals surface area contributed by atoms with E-state index in [0.29, 0.717) is 23.7 Å². The van der Waals surface area contributed by atoms with E-state index in [-0.39, 0.29) is 24.6 Å². The van der Waals surface area contributed by atoms with Gasteiger partial charge >= 0.3 is 5.69 Å². The summed E-state index contributed by atoms with van der Waals surface area (Å²) >= 11 is 0. The molecule has 1 aliphatic heterocycles. The number of methoxy groups -OCH3 is 1. The van der Waals surface area contributed by atoms with Gasteiger partial charge in [-0.05, 0) is 42.3 Å². The quantitative estimate of drug-likeness (QED) is 0.439. The maximum atomic E-state index is 13.3. The zero-order valence-electron chi connectivity index (χ0n) is 19.5. The molecule has 0 bridgehead atoms. The van der Waals surface area contributed by atoms with Crippen LogP contribution in [0.3, 0.4) is 0 Å². The van der Waals surface area contributed by atoms with Crippen LogP contribution in [0.4, 0.5) is 11.6 Å². The molecule has 0 N–H and O–H groups in total. The maximum Gasteiger partial charge on any atom is 0.332 e. The SMILES string of the molecule is COCCn1c(=O)c2c(nc3n2C[C@@H](C)CN3c2ccc(Oc3ccccc3)cc2)n(C)c1=O. The number of hydrogen-bond acceptors (Lipinski definition) is 6. The van der Waals surface area contributed by atoms with Gasteiger partial charge in [0.1, 0.15) is 11.5 Å². The topological polar surface area (TPSA) is 83.5 Å². The van der Waals surface area contributed by atoms with E-state index in [0.717, 1.165) is 23.7 Å². The minimum Gasteiger partial charge on any atom is -0.457 e. The Hall–Kier alpha value is -3.85. The van der Waals surface area contributed by atoms with Crippen LogP contribution in [0.1, 0.15) is 6.92 Å². The standard InChI is InChI=1S/C25H27N5O4/c1-17-15-29(18-9-11-20(12-10-18)34-19-7-5-4-6-8-19)24-26-22-21(30(24)16-17)23(31)28(13-14-33-3)25(32)27(22)2/h4-12,17H,13-16H2,1-3H3/t17-/m0/s1. The van der Waals surface area contributed by atoms with E-state index in [1.807, 2.05) is 59.2 Å². The lowest BCUT2D eigenvalue weighted by Crippen LogP contribution is -2.41. The maximum absolute atomic E-state index is 13.3. The Balaban J connectivity index is 1.56. The third-order valence-corrected chi connectivity index (χ3v) is 6.09. The molecule has 34 heavy (non-hydrogen) atoms. The van der Waals surface area contributed by atoms with Crippen LogP contribution in [0.15, 0.2) is 64.2 Å². The molecule has 1 aliphatic rings. The molecule has 0 amide bonds. The van der Waals surface area contributed by atoms with Crippen LogP contribution in [-0.4, -0.2) is 38.9 Å². The molecule has 2 aromatic heterocycles. The highest BCUT2D eigenvalue weighted by atomic mass is 16.5. The molecular weight excluding hydrogens is 434 g/mol. The molecule has 0 saturated carbocycles. The first-order valence-electron chi connectivity index (χ1n) is 11.3. The predicted molar refractivity (Wildman–Crippen MR) is 130 cm³/mol. The molecule has 3 heterocycles. The zero-order valence-corrected chi connectivity index (χ0v) is 19.5. The number of anilines is 2. The number of rotatable bonds is 6. The summed E-state index contributed by atoms with van der Waals surface area (Å²) in [5.41, 5.74) is 1.03. The van der Waals surface area contributed by atoms with E-state index in [2.05, 4.69) is 11.8 Å². The fraction of sp³-hybridized carbons (Fsp3) is 0.320. The van der Waals surface area contributed by atoms with Crippen molar-refractivity contribution in [2.75, 3.05) is 25.2 Å². The second kappa shape index (κ2) is 8.83. The number of para-hydroxylation sites is 1. The summed E-state index contributed by atoms with van der Waals surface area (Å²) in [4.78, 5) is 33.0. The highest BCUT2D eigenvalue weighted by Gasteiger charge is 2.29. The van der Waals surface area contributed by atoms with Crippen LogP contribution in [0, 0.1) is 5.92 Å². The molecule has 0 aliphatic carbocycles. The van der Waals surface area contributed by atoms with Crippen LogP contribution >= 0.6 is 0 Å². The van der Waals surface area contributed by atoms with Gasteiger partial charge < -0.3 is 18.9 Å². The molecule has 2 aromatic carbocycles. The molecule has 9 heteroatoms. The second-order valence-electron chi connectivity index (χ2n) is 8.61. The lowest BCUT2D eigenvalue weighted by molar-refractivity contribution is 0.184. The van der Waals surface area contributed by atoms with Crippen molar-refractivity contribution < 1.29 is 9.47 Å². The second-order valence-corrected chi connectivity index (χ2v) is 8.61. The van der Waals surface area contributed by atoms with Gasteiger partial charge in [-0.3, -0.25) is 13.9 Å².